The molecular formula is C10H14N4O2. The van der Waals surface area contributed by atoms with Gasteiger partial charge in [0.15, 0.2) is 0 Å². The highest BCUT2D eigenvalue weighted by Crippen LogP contribution is 1.98. The number of nitrogens with one attached hydrogen (secondary N) is 1. The normalized spacial score (nSPS) is 11.2. The van der Waals surface area contributed by atoms with Crippen LogP contribution in [0.4, 0.5) is 0 Å². The molecule has 1 aromatic heterocycles. The number of amidine groups is 1. The number of nitrogens with zero attached hydrogens (tertiary/aromatic N) is 2. The van der Waals surface area contributed by atoms with Crippen molar-refractivity contribution in [2.45, 2.75) is 13.3 Å². The summed E-state index contributed by atoms with van der Waals surface area (Å²) in [4.78, 5) is 15.5. The van der Waals surface area contributed by atoms with E-state index in [1.165, 1.54) is 6.20 Å². The Balaban J connectivity index is 2.44. The van der Waals surface area contributed by atoms with Crippen molar-refractivity contribution in [3.8, 4) is 0 Å². The van der Waals surface area contributed by atoms with Crippen LogP contribution in [0, 0.1) is 6.92 Å². The molecule has 4 N–H and O–H groups in total. The molecule has 0 aliphatic carbocycles. The molecule has 6 nitrogen and oxygen atoms in total. The second-order valence-electron chi connectivity index (χ2n) is 3.29. The summed E-state index contributed by atoms with van der Waals surface area (Å²) < 4.78 is 0. The first kappa shape index (κ1) is 12.0. The molecule has 86 valence electrons. The van der Waals surface area contributed by atoms with Crippen LogP contribution in [0.15, 0.2) is 23.5 Å². The molecule has 1 amide bonds. The lowest BCUT2D eigenvalue weighted by atomic mass is 10.2. The molecule has 1 aromatic rings. The molecule has 0 unspecified atom stereocenters. The number of aromatic nitrogens is 1. The zero-order chi connectivity index (χ0) is 12.0. The van der Waals surface area contributed by atoms with E-state index in [1.807, 2.05) is 6.92 Å². The standard InChI is InChI=1S/C10H14N4O2/c1-7-2-3-8(6-13-7)10(15)12-5-4-9(11)14-16/h2-3,6,16H,4-5H2,1H3,(H2,11,14)(H,12,15). The van der Waals surface area contributed by atoms with Crippen molar-refractivity contribution in [2.75, 3.05) is 6.54 Å². The van der Waals surface area contributed by atoms with Crippen LogP contribution >= 0.6 is 0 Å². The third-order valence-corrected chi connectivity index (χ3v) is 1.97. The Morgan fingerprint density at radius 3 is 2.94 bits per heavy atom. The fourth-order valence-corrected chi connectivity index (χ4v) is 1.06. The predicted octanol–water partition coefficient (Wildman–Crippen LogP) is 0.256. The number of hydrogen-bond acceptors (Lipinski definition) is 4. The number of nitrogens with two attached hydrogens (primary N) is 1. The van der Waals surface area contributed by atoms with E-state index in [4.69, 9.17) is 10.9 Å². The Bertz CT molecular complexity index is 386. The second kappa shape index (κ2) is 5.69. The summed E-state index contributed by atoms with van der Waals surface area (Å²) >= 11 is 0. The van der Waals surface area contributed by atoms with E-state index in [0.29, 0.717) is 18.5 Å². The maximum Gasteiger partial charge on any atom is 0.252 e. The summed E-state index contributed by atoms with van der Waals surface area (Å²) in [6, 6.07) is 3.46. The van der Waals surface area contributed by atoms with Gasteiger partial charge in [-0.05, 0) is 19.1 Å². The van der Waals surface area contributed by atoms with Crippen molar-refractivity contribution in [2.24, 2.45) is 10.9 Å². The minimum Gasteiger partial charge on any atom is -0.409 e. The van der Waals surface area contributed by atoms with Gasteiger partial charge in [0.05, 0.1) is 5.56 Å². The zero-order valence-corrected chi connectivity index (χ0v) is 8.97. The maximum absolute atomic E-state index is 11.5. The van der Waals surface area contributed by atoms with Crippen molar-refractivity contribution < 1.29 is 10.0 Å². The highest BCUT2D eigenvalue weighted by Gasteiger charge is 2.04. The Kier molecular flexibility index (Phi) is 4.26. The quantitative estimate of drug-likeness (QED) is 0.294. The number of aryl methyl sites for hydroxylation is 1. The van der Waals surface area contributed by atoms with Gasteiger partial charge in [-0.15, -0.1) is 0 Å². The van der Waals surface area contributed by atoms with Crippen LogP contribution in [0.3, 0.4) is 0 Å². The molecule has 0 spiro atoms. The maximum atomic E-state index is 11.5. The van der Waals surface area contributed by atoms with Gasteiger partial charge in [-0.25, -0.2) is 0 Å². The third kappa shape index (κ3) is 3.56. The largest absolute Gasteiger partial charge is 0.409 e. The summed E-state index contributed by atoms with van der Waals surface area (Å²) in [5, 5.41) is 13.7. The van der Waals surface area contributed by atoms with Crippen LogP contribution in [-0.4, -0.2) is 28.5 Å². The number of hydrogen-bond donors (Lipinski definition) is 3. The molecule has 0 bridgehead atoms. The summed E-state index contributed by atoms with van der Waals surface area (Å²) in [7, 11) is 0. The van der Waals surface area contributed by atoms with Crippen LogP contribution in [0.2, 0.25) is 0 Å². The second-order valence-corrected chi connectivity index (χ2v) is 3.29. The minimum atomic E-state index is -0.224. The van der Waals surface area contributed by atoms with Gasteiger partial charge >= 0.3 is 0 Å². The third-order valence-electron chi connectivity index (χ3n) is 1.97. The van der Waals surface area contributed by atoms with Crippen molar-refractivity contribution in [1.29, 1.82) is 0 Å². The molecule has 16 heavy (non-hydrogen) atoms. The number of pyridine rings is 1. The lowest BCUT2D eigenvalue weighted by Gasteiger charge is -2.04. The molecule has 6 heteroatoms. The lowest BCUT2D eigenvalue weighted by Crippen LogP contribution is -2.28. The molecule has 0 fully saturated rings. The van der Waals surface area contributed by atoms with Gasteiger partial charge in [0.25, 0.3) is 5.91 Å². The van der Waals surface area contributed by atoms with Crippen LogP contribution in [0.1, 0.15) is 22.5 Å². The van der Waals surface area contributed by atoms with Gasteiger partial charge in [0, 0.05) is 24.9 Å². The molecule has 0 aliphatic rings. The van der Waals surface area contributed by atoms with E-state index in [0.717, 1.165) is 5.69 Å². The van der Waals surface area contributed by atoms with Crippen LogP contribution in [0.5, 0.6) is 0 Å². The lowest BCUT2D eigenvalue weighted by molar-refractivity contribution is 0.0954. The minimum absolute atomic E-state index is 0.0855. The monoisotopic (exact) mass is 222 g/mol. The first-order valence-electron chi connectivity index (χ1n) is 4.80. The smallest absolute Gasteiger partial charge is 0.252 e. The van der Waals surface area contributed by atoms with E-state index in [9.17, 15) is 4.79 Å². The summed E-state index contributed by atoms with van der Waals surface area (Å²) in [5.74, 6) is -0.138. The molecule has 0 aliphatic heterocycles. The van der Waals surface area contributed by atoms with E-state index >= 15 is 0 Å². The first-order valence-corrected chi connectivity index (χ1v) is 4.80. The summed E-state index contributed by atoms with van der Waals surface area (Å²) in [6.45, 7) is 2.17. The molecule has 0 saturated heterocycles. The van der Waals surface area contributed by atoms with E-state index in [-0.39, 0.29) is 11.7 Å². The van der Waals surface area contributed by atoms with E-state index < -0.39 is 0 Å². The zero-order valence-electron chi connectivity index (χ0n) is 8.97. The summed E-state index contributed by atoms with van der Waals surface area (Å²) in [5.41, 5.74) is 6.60. The average Bonchev–Trinajstić information content (AvgIpc) is 2.29. The highest BCUT2D eigenvalue weighted by molar-refractivity contribution is 5.94. The fourth-order valence-electron chi connectivity index (χ4n) is 1.06. The molecule has 0 atom stereocenters. The van der Waals surface area contributed by atoms with Gasteiger partial charge < -0.3 is 16.3 Å². The number of carbonyl (C=O) groups is 1. The Morgan fingerprint density at radius 2 is 2.38 bits per heavy atom. The number of rotatable bonds is 4. The first-order chi connectivity index (χ1) is 7.63. The fraction of sp³-hybridized carbons (Fsp3) is 0.300. The molecule has 0 aromatic carbocycles. The van der Waals surface area contributed by atoms with Gasteiger partial charge in [-0.2, -0.15) is 0 Å². The SMILES string of the molecule is Cc1ccc(C(=O)NCCC(N)=NO)cn1. The van der Waals surface area contributed by atoms with Crippen LogP contribution in [0.25, 0.3) is 0 Å². The van der Waals surface area contributed by atoms with Gasteiger partial charge in [-0.1, -0.05) is 5.16 Å². The molecule has 0 radical (unpaired) electrons. The molecular weight excluding hydrogens is 208 g/mol. The summed E-state index contributed by atoms with van der Waals surface area (Å²) in [6.07, 6.45) is 1.82. The van der Waals surface area contributed by atoms with Crippen molar-refractivity contribution in [1.82, 2.24) is 10.3 Å². The average molecular weight is 222 g/mol. The van der Waals surface area contributed by atoms with Crippen LogP contribution in [-0.2, 0) is 0 Å². The van der Waals surface area contributed by atoms with Gasteiger partial charge in [0.2, 0.25) is 0 Å². The molecule has 0 saturated carbocycles. The van der Waals surface area contributed by atoms with Crippen molar-refractivity contribution in [3.63, 3.8) is 0 Å². The molecule has 1 rings (SSSR count). The number of oxime groups is 1. The van der Waals surface area contributed by atoms with Gasteiger partial charge in [0.1, 0.15) is 5.84 Å². The Labute approximate surface area is 93.2 Å². The van der Waals surface area contributed by atoms with Crippen LogP contribution < -0.4 is 11.1 Å². The van der Waals surface area contributed by atoms with E-state index in [2.05, 4.69) is 15.5 Å². The Morgan fingerprint density at radius 1 is 1.62 bits per heavy atom. The number of carbonyl (C=O) groups excluding carboxylic acids is 1. The number of amides is 1. The highest BCUT2D eigenvalue weighted by atomic mass is 16.4. The van der Waals surface area contributed by atoms with E-state index in [1.54, 1.807) is 12.1 Å². The predicted molar refractivity (Wildman–Crippen MR) is 59.3 cm³/mol. The van der Waals surface area contributed by atoms with Crippen molar-refractivity contribution >= 4 is 11.7 Å². The Hall–Kier alpha value is -2.11. The molecule has 1 heterocycles. The van der Waals surface area contributed by atoms with Crippen molar-refractivity contribution in [3.05, 3.63) is 29.6 Å². The topological polar surface area (TPSA) is 101 Å². The van der Waals surface area contributed by atoms with Gasteiger partial charge in [-0.3, -0.25) is 9.78 Å².